The smallest absolute Gasteiger partial charge is 0.297 e. The molecule has 1 N–H and O–H groups in total. The van der Waals surface area contributed by atoms with Gasteiger partial charge in [-0.3, -0.25) is 14.9 Å². The molecule has 1 aromatic heterocycles. The number of rotatable bonds is 2. The van der Waals surface area contributed by atoms with Crippen LogP contribution >= 0.6 is 0 Å². The van der Waals surface area contributed by atoms with Gasteiger partial charge in [-0.2, -0.15) is 0 Å². The van der Waals surface area contributed by atoms with Crippen LogP contribution in [-0.4, -0.2) is 9.91 Å². The molecule has 5 nitrogen and oxygen atoms in total. The van der Waals surface area contributed by atoms with Crippen molar-refractivity contribution < 1.29 is 18.1 Å². The number of aromatic amines is 1. The zero-order valence-corrected chi connectivity index (χ0v) is 6.46. The van der Waals surface area contributed by atoms with Crippen LogP contribution in [0.5, 0.6) is 0 Å². The molecule has 0 aromatic carbocycles. The average molecular weight is 208 g/mol. The molecular weight excluding hydrogens is 205 g/mol. The van der Waals surface area contributed by atoms with Crippen molar-refractivity contribution in [2.45, 2.75) is 6.43 Å². The van der Waals surface area contributed by atoms with E-state index in [1.165, 1.54) is 0 Å². The number of hydrogen-bond donors (Lipinski definition) is 1. The van der Waals surface area contributed by atoms with Gasteiger partial charge in [0.25, 0.3) is 17.7 Å². The van der Waals surface area contributed by atoms with E-state index < -0.39 is 34.0 Å². The molecule has 0 aliphatic carbocycles. The molecule has 0 fully saturated rings. The number of pyridine rings is 1. The fraction of sp³-hybridized carbons (Fsp3) is 0.167. The van der Waals surface area contributed by atoms with Crippen molar-refractivity contribution in [2.24, 2.45) is 0 Å². The number of alkyl halides is 2. The molecule has 0 spiro atoms. The molecule has 0 saturated carbocycles. The van der Waals surface area contributed by atoms with Crippen molar-refractivity contribution in [1.29, 1.82) is 0 Å². The van der Waals surface area contributed by atoms with Gasteiger partial charge in [0.05, 0.1) is 11.1 Å². The van der Waals surface area contributed by atoms with Crippen LogP contribution in [0.1, 0.15) is 12.0 Å². The van der Waals surface area contributed by atoms with E-state index in [2.05, 4.69) is 0 Å². The highest BCUT2D eigenvalue weighted by molar-refractivity contribution is 5.38. The molecule has 0 unspecified atom stereocenters. The van der Waals surface area contributed by atoms with Crippen molar-refractivity contribution in [2.75, 3.05) is 0 Å². The lowest BCUT2D eigenvalue weighted by molar-refractivity contribution is -0.386. The highest BCUT2D eigenvalue weighted by Crippen LogP contribution is 2.28. The zero-order valence-electron chi connectivity index (χ0n) is 6.46. The fourth-order valence-electron chi connectivity index (χ4n) is 0.868. The second-order valence-corrected chi connectivity index (χ2v) is 2.29. The Labute approximate surface area is 74.3 Å². The topological polar surface area (TPSA) is 76.0 Å². The highest BCUT2D eigenvalue weighted by atomic mass is 19.3. The van der Waals surface area contributed by atoms with Gasteiger partial charge < -0.3 is 4.98 Å². The Morgan fingerprint density at radius 2 is 2.07 bits per heavy atom. The van der Waals surface area contributed by atoms with Crippen LogP contribution in [0.25, 0.3) is 0 Å². The molecule has 0 radical (unpaired) electrons. The fourth-order valence-corrected chi connectivity index (χ4v) is 0.868. The van der Waals surface area contributed by atoms with Gasteiger partial charge in [-0.1, -0.05) is 0 Å². The van der Waals surface area contributed by atoms with Crippen molar-refractivity contribution in [3.63, 3.8) is 0 Å². The largest absolute Gasteiger partial charge is 0.320 e. The van der Waals surface area contributed by atoms with E-state index in [-0.39, 0.29) is 0 Å². The molecule has 76 valence electrons. The van der Waals surface area contributed by atoms with Crippen molar-refractivity contribution in [3.8, 4) is 0 Å². The molecule has 0 saturated heterocycles. The molecule has 0 atom stereocenters. The van der Waals surface area contributed by atoms with E-state index in [1.807, 2.05) is 0 Å². The second-order valence-electron chi connectivity index (χ2n) is 2.29. The van der Waals surface area contributed by atoms with Crippen LogP contribution in [0, 0.1) is 15.9 Å². The van der Waals surface area contributed by atoms with Crippen molar-refractivity contribution in [3.05, 3.63) is 38.0 Å². The summed E-state index contributed by atoms with van der Waals surface area (Å²) in [6, 6.07) is 0. The van der Waals surface area contributed by atoms with Crippen LogP contribution in [0.15, 0.2) is 11.0 Å². The van der Waals surface area contributed by atoms with Crippen LogP contribution in [0.3, 0.4) is 0 Å². The first kappa shape index (κ1) is 10.2. The van der Waals surface area contributed by atoms with Gasteiger partial charge in [0.1, 0.15) is 5.56 Å². The summed E-state index contributed by atoms with van der Waals surface area (Å²) in [5.74, 6) is -1.82. The Bertz CT molecular complexity index is 429. The van der Waals surface area contributed by atoms with Gasteiger partial charge >= 0.3 is 0 Å². The van der Waals surface area contributed by atoms with E-state index in [1.54, 1.807) is 4.98 Å². The first-order valence-corrected chi connectivity index (χ1v) is 3.28. The Morgan fingerprint density at radius 3 is 2.50 bits per heavy atom. The third kappa shape index (κ3) is 1.58. The Kier molecular flexibility index (Phi) is 2.54. The molecule has 14 heavy (non-hydrogen) atoms. The first-order valence-electron chi connectivity index (χ1n) is 3.28. The molecule has 0 amide bonds. The first-order chi connectivity index (χ1) is 6.45. The lowest BCUT2D eigenvalue weighted by Gasteiger charge is -2.01. The summed E-state index contributed by atoms with van der Waals surface area (Å²) in [4.78, 5) is 21.2. The van der Waals surface area contributed by atoms with Crippen molar-refractivity contribution in [1.82, 2.24) is 4.98 Å². The van der Waals surface area contributed by atoms with Crippen LogP contribution < -0.4 is 5.56 Å². The normalized spacial score (nSPS) is 10.6. The molecule has 0 aliphatic heterocycles. The molecule has 1 heterocycles. The quantitative estimate of drug-likeness (QED) is 0.588. The van der Waals surface area contributed by atoms with E-state index in [4.69, 9.17) is 0 Å². The Hall–Kier alpha value is -1.86. The predicted octanol–water partition coefficient (Wildman–Crippen LogP) is 1.36. The number of hydrogen-bond acceptors (Lipinski definition) is 3. The molecule has 1 aromatic rings. The lowest BCUT2D eigenvalue weighted by atomic mass is 10.2. The van der Waals surface area contributed by atoms with E-state index >= 15 is 0 Å². The molecule has 0 aliphatic rings. The van der Waals surface area contributed by atoms with Crippen molar-refractivity contribution >= 4 is 5.69 Å². The van der Waals surface area contributed by atoms with Gasteiger partial charge in [-0.25, -0.2) is 13.2 Å². The average Bonchev–Trinajstić information content (AvgIpc) is 2.08. The second kappa shape index (κ2) is 3.48. The minimum atomic E-state index is -3.40. The van der Waals surface area contributed by atoms with Gasteiger partial charge in [0.2, 0.25) is 5.82 Å². The minimum absolute atomic E-state index is 0.437. The standard InChI is InChI=1S/C6H3F3N2O3/c7-4-3(5(8)9)2(11(13)14)1-10-6(4)12/h1,5H,(H,10,12). The van der Waals surface area contributed by atoms with E-state index in [0.29, 0.717) is 6.20 Å². The van der Waals surface area contributed by atoms with Crippen LogP contribution in [0.2, 0.25) is 0 Å². The molecular formula is C6H3F3N2O3. The Morgan fingerprint density at radius 1 is 1.50 bits per heavy atom. The maximum Gasteiger partial charge on any atom is 0.297 e. The summed E-state index contributed by atoms with van der Waals surface area (Å²) in [6.45, 7) is 0. The summed E-state index contributed by atoms with van der Waals surface area (Å²) < 4.78 is 37.0. The number of H-pyrrole nitrogens is 1. The maximum absolute atomic E-state index is 12.7. The summed E-state index contributed by atoms with van der Waals surface area (Å²) >= 11 is 0. The zero-order chi connectivity index (χ0) is 10.9. The van der Waals surface area contributed by atoms with Gasteiger partial charge in [-0.05, 0) is 0 Å². The summed E-state index contributed by atoms with van der Waals surface area (Å²) in [5, 5.41) is 10.2. The predicted molar refractivity (Wildman–Crippen MR) is 38.6 cm³/mol. The van der Waals surface area contributed by atoms with E-state index in [9.17, 15) is 28.1 Å². The van der Waals surface area contributed by atoms with Gasteiger partial charge in [0.15, 0.2) is 0 Å². The van der Waals surface area contributed by atoms with E-state index in [0.717, 1.165) is 0 Å². The van der Waals surface area contributed by atoms with Crippen LogP contribution in [-0.2, 0) is 0 Å². The molecule has 1 rings (SSSR count). The monoisotopic (exact) mass is 208 g/mol. The number of halogens is 3. The minimum Gasteiger partial charge on any atom is -0.320 e. The third-order valence-electron chi connectivity index (χ3n) is 1.47. The lowest BCUT2D eigenvalue weighted by Crippen LogP contribution is -2.15. The summed E-state index contributed by atoms with van der Waals surface area (Å²) in [5.41, 5.74) is -4.04. The van der Waals surface area contributed by atoms with Gasteiger partial charge in [-0.15, -0.1) is 0 Å². The van der Waals surface area contributed by atoms with Gasteiger partial charge in [0, 0.05) is 0 Å². The summed E-state index contributed by atoms with van der Waals surface area (Å²) in [7, 11) is 0. The SMILES string of the molecule is O=c1[nH]cc([N+](=O)[O-])c(C(F)F)c1F. The molecule has 8 heteroatoms. The van der Waals surface area contributed by atoms with Crippen LogP contribution in [0.4, 0.5) is 18.9 Å². The number of nitrogens with one attached hydrogen (secondary N) is 1. The molecule has 0 bridgehead atoms. The number of nitro groups is 1. The maximum atomic E-state index is 12.7. The number of nitrogens with zero attached hydrogens (tertiary/aromatic N) is 1. The summed E-state index contributed by atoms with van der Waals surface area (Å²) in [6.07, 6.45) is -2.97. The third-order valence-corrected chi connectivity index (χ3v) is 1.47. The highest BCUT2D eigenvalue weighted by Gasteiger charge is 2.28. The Balaban J connectivity index is 3.53. The number of aromatic nitrogens is 1.